The van der Waals surface area contributed by atoms with E-state index in [0.29, 0.717) is 6.61 Å². The van der Waals surface area contributed by atoms with Crippen molar-refractivity contribution in [3.8, 4) is 0 Å². The van der Waals surface area contributed by atoms with E-state index in [9.17, 15) is 0 Å². The van der Waals surface area contributed by atoms with Crippen molar-refractivity contribution in [1.82, 2.24) is 0 Å². The van der Waals surface area contributed by atoms with Crippen molar-refractivity contribution in [2.45, 2.75) is 69.4 Å². The Bertz CT molecular complexity index is 239. The van der Waals surface area contributed by atoms with Gasteiger partial charge >= 0.3 is 8.56 Å². The quantitative estimate of drug-likeness (QED) is 0.498. The van der Waals surface area contributed by atoms with E-state index in [2.05, 4.69) is 13.5 Å². The molecule has 3 heteroatoms. The maximum absolute atomic E-state index is 6.39. The number of hydrogen-bond acceptors (Lipinski definition) is 2. The van der Waals surface area contributed by atoms with Crippen molar-refractivity contribution in [1.29, 1.82) is 0 Å². The largest absolute Gasteiger partial charge is 0.394 e. The Hall–Kier alpha value is -0.123. The Kier molecular flexibility index (Phi) is 5.46. The van der Waals surface area contributed by atoms with E-state index in [1.165, 1.54) is 51.4 Å². The highest BCUT2D eigenvalue weighted by Crippen LogP contribution is 2.50. The molecule has 0 atom stereocenters. The van der Waals surface area contributed by atoms with Crippen LogP contribution >= 0.6 is 0 Å². The van der Waals surface area contributed by atoms with Crippen molar-refractivity contribution >= 4 is 8.56 Å². The van der Waals surface area contributed by atoms with Gasteiger partial charge in [0.15, 0.2) is 0 Å². The molecule has 2 rings (SSSR count). The molecule has 0 N–H and O–H groups in total. The summed E-state index contributed by atoms with van der Waals surface area (Å²) in [5.74, 6) is 0. The van der Waals surface area contributed by atoms with Gasteiger partial charge < -0.3 is 8.85 Å². The third-order valence-corrected chi connectivity index (χ3v) is 9.43. The topological polar surface area (TPSA) is 18.5 Å². The molecule has 2 fully saturated rings. The zero-order chi connectivity index (χ0) is 12.8. The van der Waals surface area contributed by atoms with Crippen LogP contribution in [0.3, 0.4) is 0 Å². The first-order valence-electron chi connectivity index (χ1n) is 7.72. The van der Waals surface area contributed by atoms with Crippen LogP contribution in [0.15, 0.2) is 12.7 Å². The predicted octanol–water partition coefficient (Wildman–Crippen LogP) is 4.56. The minimum Gasteiger partial charge on any atom is -0.394 e. The van der Waals surface area contributed by atoms with E-state index >= 15 is 0 Å². The van der Waals surface area contributed by atoms with Gasteiger partial charge in [-0.3, -0.25) is 0 Å². The second-order valence-corrected chi connectivity index (χ2v) is 9.37. The van der Waals surface area contributed by atoms with E-state index in [1.807, 2.05) is 6.08 Å². The third-order valence-electron chi connectivity index (χ3n) is 4.65. The first kappa shape index (κ1) is 14.3. The lowest BCUT2D eigenvalue weighted by Gasteiger charge is -2.39. The molecular formula is C15H28O2Si. The fourth-order valence-corrected chi connectivity index (χ4v) is 8.87. The van der Waals surface area contributed by atoms with Gasteiger partial charge in [-0.2, -0.15) is 0 Å². The minimum atomic E-state index is -2.02. The summed E-state index contributed by atoms with van der Waals surface area (Å²) in [7, 11) is -2.02. The molecule has 2 aliphatic rings. The van der Waals surface area contributed by atoms with Crippen molar-refractivity contribution in [2.24, 2.45) is 0 Å². The Morgan fingerprint density at radius 1 is 1.00 bits per heavy atom. The van der Waals surface area contributed by atoms with Crippen LogP contribution in [0.5, 0.6) is 0 Å². The molecule has 0 amide bonds. The minimum absolute atomic E-state index is 0.680. The van der Waals surface area contributed by atoms with Gasteiger partial charge in [0.2, 0.25) is 0 Å². The van der Waals surface area contributed by atoms with E-state index in [0.717, 1.165) is 17.7 Å². The summed E-state index contributed by atoms with van der Waals surface area (Å²) in [4.78, 5) is 0. The molecule has 0 spiro atoms. The molecule has 0 unspecified atom stereocenters. The molecule has 0 aliphatic heterocycles. The second kappa shape index (κ2) is 6.87. The van der Waals surface area contributed by atoms with Crippen LogP contribution in [0.25, 0.3) is 0 Å². The average molecular weight is 268 g/mol. The molecule has 0 bridgehead atoms. The molecule has 18 heavy (non-hydrogen) atoms. The summed E-state index contributed by atoms with van der Waals surface area (Å²) in [5, 5.41) is 0. The van der Waals surface area contributed by atoms with Gasteiger partial charge in [-0.25, -0.2) is 0 Å². The van der Waals surface area contributed by atoms with Gasteiger partial charge in [-0.15, -0.1) is 6.58 Å². The molecule has 2 saturated carbocycles. The fraction of sp³-hybridized carbons (Fsp3) is 0.867. The Morgan fingerprint density at radius 2 is 1.50 bits per heavy atom. The van der Waals surface area contributed by atoms with Crippen molar-refractivity contribution in [3.63, 3.8) is 0 Å². The molecule has 0 heterocycles. The zero-order valence-corrected chi connectivity index (χ0v) is 12.8. The smallest absolute Gasteiger partial charge is 0.344 e. The highest BCUT2D eigenvalue weighted by Gasteiger charge is 2.53. The molecule has 0 aromatic rings. The average Bonchev–Trinajstić information content (AvgIpc) is 3.06. The van der Waals surface area contributed by atoms with Crippen LogP contribution in [0.1, 0.15) is 58.3 Å². The lowest BCUT2D eigenvalue weighted by molar-refractivity contribution is 0.168. The van der Waals surface area contributed by atoms with E-state index in [1.54, 1.807) is 0 Å². The van der Waals surface area contributed by atoms with Crippen molar-refractivity contribution in [3.05, 3.63) is 12.7 Å². The summed E-state index contributed by atoms with van der Waals surface area (Å²) in [5.41, 5.74) is 1.47. The van der Waals surface area contributed by atoms with Crippen LogP contribution in [-0.4, -0.2) is 21.8 Å². The Morgan fingerprint density at radius 3 is 1.89 bits per heavy atom. The monoisotopic (exact) mass is 268 g/mol. The van der Waals surface area contributed by atoms with Crippen LogP contribution in [-0.2, 0) is 8.85 Å². The van der Waals surface area contributed by atoms with Gasteiger partial charge in [0.05, 0.1) is 6.61 Å². The Balaban J connectivity index is 2.16. The molecule has 2 aliphatic carbocycles. The first-order chi connectivity index (χ1) is 8.83. The second-order valence-electron chi connectivity index (χ2n) is 5.72. The molecule has 0 saturated heterocycles. The van der Waals surface area contributed by atoms with Gasteiger partial charge in [-0.05, 0) is 32.6 Å². The van der Waals surface area contributed by atoms with Gasteiger partial charge in [0.1, 0.15) is 0 Å². The summed E-state index contributed by atoms with van der Waals surface area (Å²) >= 11 is 0. The van der Waals surface area contributed by atoms with E-state index in [-0.39, 0.29) is 0 Å². The van der Waals surface area contributed by atoms with Crippen LogP contribution in [0.4, 0.5) is 0 Å². The van der Waals surface area contributed by atoms with E-state index in [4.69, 9.17) is 8.85 Å². The lowest BCUT2D eigenvalue weighted by Crippen LogP contribution is -2.50. The highest BCUT2D eigenvalue weighted by molar-refractivity contribution is 6.70. The normalized spacial score (nSPS) is 22.7. The molecule has 0 aromatic heterocycles. The van der Waals surface area contributed by atoms with Gasteiger partial charge in [0, 0.05) is 17.7 Å². The lowest BCUT2D eigenvalue weighted by atomic mass is 10.3. The first-order valence-corrected chi connectivity index (χ1v) is 9.69. The Labute approximate surface area is 113 Å². The SMILES string of the molecule is C=CCO[Si](OCC)(C1CCCC1)C1CCCC1. The predicted molar refractivity (Wildman–Crippen MR) is 78.0 cm³/mol. The van der Waals surface area contributed by atoms with Crippen LogP contribution in [0.2, 0.25) is 11.1 Å². The summed E-state index contributed by atoms with van der Waals surface area (Å²) in [6.07, 6.45) is 12.7. The molecular weight excluding hydrogens is 240 g/mol. The summed E-state index contributed by atoms with van der Waals surface area (Å²) < 4.78 is 12.8. The molecule has 2 nitrogen and oxygen atoms in total. The van der Waals surface area contributed by atoms with Crippen molar-refractivity contribution < 1.29 is 8.85 Å². The van der Waals surface area contributed by atoms with Crippen molar-refractivity contribution in [2.75, 3.05) is 13.2 Å². The molecule has 0 aromatic carbocycles. The van der Waals surface area contributed by atoms with E-state index < -0.39 is 8.56 Å². The standard InChI is InChI=1S/C15H28O2Si/c1-3-13-17-18(16-4-2,14-9-5-6-10-14)15-11-7-8-12-15/h3,14-15H,1,4-13H2,2H3. The number of rotatable bonds is 7. The summed E-state index contributed by atoms with van der Waals surface area (Å²) in [6.45, 7) is 7.44. The maximum Gasteiger partial charge on any atom is 0.344 e. The maximum atomic E-state index is 6.39. The number of hydrogen-bond donors (Lipinski definition) is 0. The van der Waals surface area contributed by atoms with Gasteiger partial charge in [-0.1, -0.05) is 31.8 Å². The summed E-state index contributed by atoms with van der Waals surface area (Å²) in [6, 6.07) is 0. The fourth-order valence-electron chi connectivity index (χ4n) is 3.92. The van der Waals surface area contributed by atoms with Crippen LogP contribution in [0, 0.1) is 0 Å². The highest BCUT2D eigenvalue weighted by atomic mass is 28.4. The zero-order valence-electron chi connectivity index (χ0n) is 11.8. The molecule has 0 radical (unpaired) electrons. The van der Waals surface area contributed by atoms with Gasteiger partial charge in [0.25, 0.3) is 0 Å². The molecule has 104 valence electrons. The third kappa shape index (κ3) is 2.89. The van der Waals surface area contributed by atoms with Crippen LogP contribution < -0.4 is 0 Å².